The monoisotopic (exact) mass is 249 g/mol. The van der Waals surface area contributed by atoms with Crippen LogP contribution in [0.15, 0.2) is 10.7 Å². The second-order valence-corrected chi connectivity index (χ2v) is 4.66. The number of fused-ring (bicyclic) bond motifs is 1. The Balaban J connectivity index is 2.14. The lowest BCUT2D eigenvalue weighted by Crippen LogP contribution is -2.24. The fourth-order valence-corrected chi connectivity index (χ4v) is 1.86. The lowest BCUT2D eigenvalue weighted by molar-refractivity contribution is 0.401. The number of nitrogens with zero attached hydrogens (tertiary/aromatic N) is 5. The molecule has 0 atom stereocenters. The average molecular weight is 249 g/mol. The van der Waals surface area contributed by atoms with Crippen LogP contribution in [-0.2, 0) is 0 Å². The molecular weight excluding hydrogens is 230 g/mol. The lowest BCUT2D eigenvalue weighted by atomic mass is 10.3. The van der Waals surface area contributed by atoms with Gasteiger partial charge >= 0.3 is 0 Å². The van der Waals surface area contributed by atoms with Gasteiger partial charge in [-0.15, -0.1) is 0 Å². The second kappa shape index (κ2) is 5.30. The molecule has 0 saturated heterocycles. The van der Waals surface area contributed by atoms with Gasteiger partial charge in [0.25, 0.3) is 5.71 Å². The summed E-state index contributed by atoms with van der Waals surface area (Å²) in [7, 11) is 6.16. The van der Waals surface area contributed by atoms with Gasteiger partial charge in [-0.05, 0) is 27.1 Å². The quantitative estimate of drug-likeness (QED) is 0.796. The summed E-state index contributed by atoms with van der Waals surface area (Å²) in [5.41, 5.74) is 1.29. The molecule has 6 nitrogen and oxygen atoms in total. The Morgan fingerprint density at radius 3 is 2.67 bits per heavy atom. The van der Waals surface area contributed by atoms with Gasteiger partial charge in [0, 0.05) is 20.5 Å². The maximum absolute atomic E-state index is 5.40. The van der Waals surface area contributed by atoms with Crippen molar-refractivity contribution < 1.29 is 4.42 Å². The Morgan fingerprint density at radius 1 is 1.17 bits per heavy atom. The van der Waals surface area contributed by atoms with E-state index in [1.165, 1.54) is 6.33 Å². The summed E-state index contributed by atoms with van der Waals surface area (Å²) in [6.07, 6.45) is 2.59. The van der Waals surface area contributed by atoms with Crippen molar-refractivity contribution in [3.05, 3.63) is 12.2 Å². The normalized spacial score (nSPS) is 11.4. The van der Waals surface area contributed by atoms with E-state index in [9.17, 15) is 0 Å². The van der Waals surface area contributed by atoms with Gasteiger partial charge in [0.2, 0.25) is 0 Å². The highest BCUT2D eigenvalue weighted by molar-refractivity contribution is 5.81. The standard InChI is InChI=1S/C12H19N5O/c1-9-15-10-11(13-8-14-12(10)18-9)17(4)7-5-6-16(2)3/h8H,5-7H2,1-4H3. The number of oxazole rings is 1. The number of hydrogen-bond acceptors (Lipinski definition) is 6. The number of aromatic nitrogens is 3. The molecular formula is C12H19N5O. The van der Waals surface area contributed by atoms with E-state index in [1.54, 1.807) is 0 Å². The first-order chi connectivity index (χ1) is 8.58. The SMILES string of the molecule is Cc1nc2c(N(C)CCCN(C)C)ncnc2o1. The zero-order chi connectivity index (χ0) is 13.1. The molecule has 2 aromatic heterocycles. The molecule has 18 heavy (non-hydrogen) atoms. The Bertz CT molecular complexity index is 522. The zero-order valence-electron chi connectivity index (χ0n) is 11.3. The topological polar surface area (TPSA) is 58.3 Å². The van der Waals surface area contributed by atoms with E-state index in [4.69, 9.17) is 4.42 Å². The summed E-state index contributed by atoms with van der Waals surface area (Å²) in [6, 6.07) is 0. The van der Waals surface area contributed by atoms with Gasteiger partial charge < -0.3 is 14.2 Å². The van der Waals surface area contributed by atoms with Crippen LogP contribution in [0.3, 0.4) is 0 Å². The molecule has 0 unspecified atom stereocenters. The van der Waals surface area contributed by atoms with Crippen molar-refractivity contribution in [3.8, 4) is 0 Å². The molecule has 0 saturated carbocycles. The van der Waals surface area contributed by atoms with Gasteiger partial charge in [-0.1, -0.05) is 0 Å². The van der Waals surface area contributed by atoms with E-state index in [0.717, 1.165) is 30.8 Å². The van der Waals surface area contributed by atoms with Crippen molar-refractivity contribution in [1.82, 2.24) is 19.9 Å². The highest BCUT2D eigenvalue weighted by Crippen LogP contribution is 2.21. The van der Waals surface area contributed by atoms with Gasteiger partial charge in [-0.3, -0.25) is 0 Å². The lowest BCUT2D eigenvalue weighted by Gasteiger charge is -2.19. The average Bonchev–Trinajstić information content (AvgIpc) is 2.67. The molecule has 0 aromatic carbocycles. The van der Waals surface area contributed by atoms with E-state index in [-0.39, 0.29) is 0 Å². The predicted octanol–water partition coefficient (Wildman–Crippen LogP) is 1.31. The molecule has 0 amide bonds. The number of hydrogen-bond donors (Lipinski definition) is 0. The van der Waals surface area contributed by atoms with Crippen molar-refractivity contribution in [3.63, 3.8) is 0 Å². The van der Waals surface area contributed by atoms with E-state index < -0.39 is 0 Å². The second-order valence-electron chi connectivity index (χ2n) is 4.66. The van der Waals surface area contributed by atoms with Gasteiger partial charge in [0.1, 0.15) is 6.33 Å². The number of aryl methyl sites for hydroxylation is 1. The minimum Gasteiger partial charge on any atom is -0.422 e. The van der Waals surface area contributed by atoms with Crippen molar-refractivity contribution in [1.29, 1.82) is 0 Å². The summed E-state index contributed by atoms with van der Waals surface area (Å²) in [6.45, 7) is 3.80. The number of rotatable bonds is 5. The van der Waals surface area contributed by atoms with Crippen LogP contribution in [0.5, 0.6) is 0 Å². The Morgan fingerprint density at radius 2 is 1.94 bits per heavy atom. The smallest absolute Gasteiger partial charge is 0.252 e. The van der Waals surface area contributed by atoms with Gasteiger partial charge in [-0.25, -0.2) is 9.97 Å². The third-order valence-electron chi connectivity index (χ3n) is 2.74. The summed E-state index contributed by atoms with van der Waals surface area (Å²) >= 11 is 0. The molecule has 2 rings (SSSR count). The van der Waals surface area contributed by atoms with Crippen molar-refractivity contribution >= 4 is 17.0 Å². The molecule has 2 aromatic rings. The molecule has 0 radical (unpaired) electrons. The number of anilines is 1. The first kappa shape index (κ1) is 12.8. The maximum atomic E-state index is 5.40. The molecule has 0 spiro atoms. The predicted molar refractivity (Wildman–Crippen MR) is 70.8 cm³/mol. The Kier molecular flexibility index (Phi) is 3.76. The summed E-state index contributed by atoms with van der Waals surface area (Å²) in [5, 5.41) is 0. The van der Waals surface area contributed by atoms with E-state index >= 15 is 0 Å². The summed E-state index contributed by atoms with van der Waals surface area (Å²) in [5.74, 6) is 1.45. The van der Waals surface area contributed by atoms with Crippen molar-refractivity contribution in [2.75, 3.05) is 39.1 Å². The summed E-state index contributed by atoms with van der Waals surface area (Å²) in [4.78, 5) is 17.0. The van der Waals surface area contributed by atoms with Gasteiger partial charge in [0.05, 0.1) is 0 Å². The molecule has 0 N–H and O–H groups in total. The third kappa shape index (κ3) is 2.76. The minimum atomic E-state index is 0.553. The molecule has 0 aliphatic rings. The van der Waals surface area contributed by atoms with Crippen LogP contribution in [0.4, 0.5) is 5.82 Å². The van der Waals surface area contributed by atoms with Crippen LogP contribution in [-0.4, -0.2) is 54.1 Å². The molecule has 6 heteroatoms. The molecule has 2 heterocycles. The Labute approximate surface area is 107 Å². The molecule has 98 valence electrons. The van der Waals surface area contributed by atoms with Crippen LogP contribution in [0, 0.1) is 6.92 Å². The highest BCUT2D eigenvalue weighted by Gasteiger charge is 2.13. The maximum Gasteiger partial charge on any atom is 0.252 e. The summed E-state index contributed by atoms with van der Waals surface area (Å²) < 4.78 is 5.40. The zero-order valence-corrected chi connectivity index (χ0v) is 11.3. The van der Waals surface area contributed by atoms with Gasteiger partial charge in [-0.2, -0.15) is 4.98 Å². The minimum absolute atomic E-state index is 0.553. The van der Waals surface area contributed by atoms with Crippen LogP contribution in [0.1, 0.15) is 12.3 Å². The van der Waals surface area contributed by atoms with Crippen LogP contribution in [0.2, 0.25) is 0 Å². The van der Waals surface area contributed by atoms with Crippen LogP contribution in [0.25, 0.3) is 11.2 Å². The first-order valence-electron chi connectivity index (χ1n) is 6.02. The van der Waals surface area contributed by atoms with E-state index in [0.29, 0.717) is 11.6 Å². The fraction of sp³-hybridized carbons (Fsp3) is 0.583. The van der Waals surface area contributed by atoms with Crippen LogP contribution < -0.4 is 4.90 Å². The molecule has 0 fully saturated rings. The van der Waals surface area contributed by atoms with Gasteiger partial charge in [0.15, 0.2) is 17.2 Å². The van der Waals surface area contributed by atoms with Crippen LogP contribution >= 0.6 is 0 Å². The largest absolute Gasteiger partial charge is 0.422 e. The molecule has 0 aliphatic heterocycles. The molecule has 0 bridgehead atoms. The van der Waals surface area contributed by atoms with Crippen molar-refractivity contribution in [2.45, 2.75) is 13.3 Å². The van der Waals surface area contributed by atoms with Crippen molar-refractivity contribution in [2.24, 2.45) is 0 Å². The first-order valence-corrected chi connectivity index (χ1v) is 6.02. The fourth-order valence-electron chi connectivity index (χ4n) is 1.86. The van der Waals surface area contributed by atoms with E-state index in [1.807, 2.05) is 14.0 Å². The van der Waals surface area contributed by atoms with E-state index in [2.05, 4.69) is 38.8 Å². The highest BCUT2D eigenvalue weighted by atomic mass is 16.4. The molecule has 0 aliphatic carbocycles. The Hall–Kier alpha value is -1.69. The third-order valence-corrected chi connectivity index (χ3v) is 2.74.